The number of carbonyl (C=O) groups excluding carboxylic acids is 1. The van der Waals surface area contributed by atoms with Gasteiger partial charge >= 0.3 is 6.18 Å². The second kappa shape index (κ2) is 6.91. The third-order valence-corrected chi connectivity index (χ3v) is 2.89. The van der Waals surface area contributed by atoms with Gasteiger partial charge < -0.3 is 16.8 Å². The Hall–Kier alpha value is -1.60. The largest absolute Gasteiger partial charge is 0.416 e. The van der Waals surface area contributed by atoms with Gasteiger partial charge in [-0.2, -0.15) is 13.2 Å². The molecular formula is C14H20F3N3O. The summed E-state index contributed by atoms with van der Waals surface area (Å²) in [5.41, 5.74) is 10.6. The molecule has 0 radical (unpaired) electrons. The molecule has 0 saturated carbocycles. The molecule has 1 amide bonds. The third kappa shape index (κ3) is 5.35. The van der Waals surface area contributed by atoms with Crippen LogP contribution in [0.1, 0.15) is 31.4 Å². The van der Waals surface area contributed by atoms with Crippen molar-refractivity contribution in [3.05, 3.63) is 29.3 Å². The van der Waals surface area contributed by atoms with Crippen LogP contribution < -0.4 is 16.8 Å². The molecule has 7 heteroatoms. The minimum Gasteiger partial charge on any atom is -0.326 e. The van der Waals surface area contributed by atoms with Gasteiger partial charge in [-0.15, -0.1) is 0 Å². The van der Waals surface area contributed by atoms with Crippen LogP contribution in [0.5, 0.6) is 0 Å². The summed E-state index contributed by atoms with van der Waals surface area (Å²) < 4.78 is 38.3. The average Bonchev–Trinajstić information content (AvgIpc) is 2.36. The lowest BCUT2D eigenvalue weighted by Gasteiger charge is -2.16. The summed E-state index contributed by atoms with van der Waals surface area (Å²) in [4.78, 5) is 11.9. The maximum atomic E-state index is 12.8. The Morgan fingerprint density at radius 1 is 1.29 bits per heavy atom. The van der Waals surface area contributed by atoms with Gasteiger partial charge in [0, 0.05) is 12.2 Å². The molecular weight excluding hydrogens is 283 g/mol. The highest BCUT2D eigenvalue weighted by Gasteiger charge is 2.31. The summed E-state index contributed by atoms with van der Waals surface area (Å²) in [6.45, 7) is 3.76. The van der Waals surface area contributed by atoms with Crippen LogP contribution in [-0.2, 0) is 17.5 Å². The van der Waals surface area contributed by atoms with Crippen molar-refractivity contribution in [3.8, 4) is 0 Å². The van der Waals surface area contributed by atoms with Gasteiger partial charge in [0.1, 0.15) is 0 Å². The first kappa shape index (κ1) is 17.5. The number of nitrogens with two attached hydrogens (primary N) is 2. The van der Waals surface area contributed by atoms with Gasteiger partial charge in [-0.25, -0.2) is 0 Å². The van der Waals surface area contributed by atoms with Gasteiger partial charge in [0.25, 0.3) is 0 Å². The summed E-state index contributed by atoms with van der Waals surface area (Å²) in [5, 5.41) is 2.41. The summed E-state index contributed by atoms with van der Waals surface area (Å²) in [6.07, 6.45) is -4.04. The molecule has 0 unspecified atom stereocenters. The fourth-order valence-corrected chi connectivity index (χ4v) is 1.90. The first-order chi connectivity index (χ1) is 9.63. The molecule has 0 heterocycles. The molecule has 1 aromatic rings. The van der Waals surface area contributed by atoms with Crippen LogP contribution in [0.15, 0.2) is 18.2 Å². The van der Waals surface area contributed by atoms with Crippen molar-refractivity contribution in [3.63, 3.8) is 0 Å². The van der Waals surface area contributed by atoms with Gasteiger partial charge in [0.15, 0.2) is 0 Å². The van der Waals surface area contributed by atoms with E-state index in [1.807, 2.05) is 13.8 Å². The predicted molar refractivity (Wildman–Crippen MR) is 75.4 cm³/mol. The van der Waals surface area contributed by atoms with Crippen LogP contribution in [0.4, 0.5) is 18.9 Å². The van der Waals surface area contributed by atoms with E-state index >= 15 is 0 Å². The van der Waals surface area contributed by atoms with E-state index in [1.54, 1.807) is 0 Å². The number of halogens is 3. The number of nitrogens with one attached hydrogen (secondary N) is 1. The van der Waals surface area contributed by atoms with Crippen molar-refractivity contribution in [1.82, 2.24) is 0 Å². The number of hydrogen-bond acceptors (Lipinski definition) is 3. The Balaban J connectivity index is 2.95. The maximum absolute atomic E-state index is 12.8. The zero-order valence-corrected chi connectivity index (χ0v) is 12.0. The van der Waals surface area contributed by atoms with Gasteiger partial charge in [0.2, 0.25) is 5.91 Å². The van der Waals surface area contributed by atoms with Crippen LogP contribution in [0.3, 0.4) is 0 Å². The van der Waals surface area contributed by atoms with Gasteiger partial charge in [-0.1, -0.05) is 13.8 Å². The van der Waals surface area contributed by atoms with Gasteiger partial charge in [0.05, 0.1) is 11.6 Å². The highest BCUT2D eigenvalue weighted by atomic mass is 19.4. The molecule has 4 nitrogen and oxygen atoms in total. The van der Waals surface area contributed by atoms with E-state index in [-0.39, 0.29) is 23.7 Å². The molecule has 0 aliphatic rings. The van der Waals surface area contributed by atoms with E-state index in [1.165, 1.54) is 6.07 Å². The zero-order valence-electron chi connectivity index (χ0n) is 12.0. The van der Waals surface area contributed by atoms with Crippen molar-refractivity contribution < 1.29 is 18.0 Å². The van der Waals surface area contributed by atoms with E-state index in [0.717, 1.165) is 12.1 Å². The lowest BCUT2D eigenvalue weighted by molar-refractivity contribution is -0.137. The van der Waals surface area contributed by atoms with Gasteiger partial charge in [-0.05, 0) is 36.1 Å². The van der Waals surface area contributed by atoms with Crippen LogP contribution >= 0.6 is 0 Å². The minimum atomic E-state index is -4.50. The summed E-state index contributed by atoms with van der Waals surface area (Å²) in [5.74, 6) is -0.294. The Morgan fingerprint density at radius 3 is 2.38 bits per heavy atom. The Morgan fingerprint density at radius 2 is 1.90 bits per heavy atom. The summed E-state index contributed by atoms with van der Waals surface area (Å²) in [6, 6.07) is 2.49. The monoisotopic (exact) mass is 303 g/mol. The first-order valence-corrected chi connectivity index (χ1v) is 6.61. The number of carbonyl (C=O) groups is 1. The number of anilines is 1. The molecule has 21 heavy (non-hydrogen) atoms. The van der Waals surface area contributed by atoms with E-state index in [0.29, 0.717) is 6.42 Å². The van der Waals surface area contributed by atoms with Crippen molar-refractivity contribution in [2.75, 3.05) is 5.32 Å². The van der Waals surface area contributed by atoms with Crippen LogP contribution in [0.25, 0.3) is 0 Å². The standard InChI is InChI=1S/C14H20F3N3O/c1-8(2)3-12(19)13(21)20-11-5-9(7-18)4-10(6-11)14(15,16)17/h4-6,8,12H,3,7,18-19H2,1-2H3,(H,20,21)/t12-/m0/s1. The third-order valence-electron chi connectivity index (χ3n) is 2.89. The van der Waals surface area contributed by atoms with Crippen molar-refractivity contribution >= 4 is 11.6 Å². The lowest BCUT2D eigenvalue weighted by atomic mass is 10.0. The Kier molecular flexibility index (Phi) is 5.74. The van der Waals surface area contributed by atoms with E-state index < -0.39 is 23.7 Å². The number of hydrogen-bond donors (Lipinski definition) is 3. The highest BCUT2D eigenvalue weighted by Crippen LogP contribution is 2.32. The minimum absolute atomic E-state index is 0.0504. The topological polar surface area (TPSA) is 81.1 Å². The summed E-state index contributed by atoms with van der Waals surface area (Å²) in [7, 11) is 0. The number of benzene rings is 1. The molecule has 0 fully saturated rings. The van der Waals surface area contributed by atoms with Gasteiger partial charge in [-0.3, -0.25) is 4.79 Å². The molecule has 0 spiro atoms. The van der Waals surface area contributed by atoms with Crippen molar-refractivity contribution in [2.24, 2.45) is 17.4 Å². The smallest absolute Gasteiger partial charge is 0.326 e. The number of amides is 1. The Labute approximate surface area is 121 Å². The molecule has 0 aliphatic heterocycles. The average molecular weight is 303 g/mol. The zero-order chi connectivity index (χ0) is 16.2. The molecule has 1 atom stereocenters. The van der Waals surface area contributed by atoms with Crippen LogP contribution in [0.2, 0.25) is 0 Å². The van der Waals surface area contributed by atoms with Crippen LogP contribution in [0, 0.1) is 5.92 Å². The number of rotatable bonds is 5. The van der Waals surface area contributed by atoms with Crippen LogP contribution in [-0.4, -0.2) is 11.9 Å². The van der Waals surface area contributed by atoms with E-state index in [9.17, 15) is 18.0 Å². The molecule has 0 aromatic heterocycles. The summed E-state index contributed by atoms with van der Waals surface area (Å²) >= 11 is 0. The predicted octanol–water partition coefficient (Wildman–Crippen LogP) is 2.48. The first-order valence-electron chi connectivity index (χ1n) is 6.61. The molecule has 1 aromatic carbocycles. The SMILES string of the molecule is CC(C)C[C@H](N)C(=O)Nc1cc(CN)cc(C(F)(F)F)c1. The van der Waals surface area contributed by atoms with E-state index in [4.69, 9.17) is 11.5 Å². The molecule has 118 valence electrons. The fourth-order valence-electron chi connectivity index (χ4n) is 1.90. The molecule has 1 rings (SSSR count). The fraction of sp³-hybridized carbons (Fsp3) is 0.500. The Bertz CT molecular complexity index is 501. The van der Waals surface area contributed by atoms with Crippen molar-refractivity contribution in [2.45, 2.75) is 39.0 Å². The second-order valence-electron chi connectivity index (χ2n) is 5.35. The lowest BCUT2D eigenvalue weighted by Crippen LogP contribution is -2.36. The normalized spacial score (nSPS) is 13.3. The second-order valence-corrected chi connectivity index (χ2v) is 5.35. The molecule has 0 bridgehead atoms. The molecule has 0 aliphatic carbocycles. The molecule has 0 saturated heterocycles. The quantitative estimate of drug-likeness (QED) is 0.781. The van der Waals surface area contributed by atoms with Crippen molar-refractivity contribution in [1.29, 1.82) is 0 Å². The number of alkyl halides is 3. The van der Waals surface area contributed by atoms with E-state index in [2.05, 4.69) is 5.32 Å². The maximum Gasteiger partial charge on any atom is 0.416 e. The highest BCUT2D eigenvalue weighted by molar-refractivity contribution is 5.94. The molecule has 5 N–H and O–H groups in total.